The van der Waals surface area contributed by atoms with Crippen molar-refractivity contribution in [3.8, 4) is 0 Å². The van der Waals surface area contributed by atoms with Gasteiger partial charge in [0.15, 0.2) is 0 Å². The lowest BCUT2D eigenvalue weighted by Crippen LogP contribution is -2.00. The van der Waals surface area contributed by atoms with Crippen molar-refractivity contribution in [2.24, 2.45) is 5.73 Å². The molecule has 0 unspecified atom stereocenters. The molecule has 0 aromatic rings. The molecular formula is C9H13ClIN. The standard InChI is InChI=1S/C9H13ClIN/c1-2-8(7-12)3-4-9(5-10)6-11/h2-4,6H,5,7,12H2,1H3/b4-3-,8-2+,9-6-. The zero-order valence-corrected chi connectivity index (χ0v) is 9.97. The van der Waals surface area contributed by atoms with Gasteiger partial charge < -0.3 is 5.73 Å². The first-order valence-corrected chi connectivity index (χ1v) is 5.45. The average molecular weight is 298 g/mol. The summed E-state index contributed by atoms with van der Waals surface area (Å²) in [6, 6.07) is 0. The van der Waals surface area contributed by atoms with Gasteiger partial charge in [-0.3, -0.25) is 0 Å². The summed E-state index contributed by atoms with van der Waals surface area (Å²) >= 11 is 7.83. The molecule has 0 spiro atoms. The Labute approximate surface area is 92.5 Å². The van der Waals surface area contributed by atoms with E-state index in [1.807, 2.05) is 29.2 Å². The number of hydrogen-bond acceptors (Lipinski definition) is 1. The fourth-order valence-electron chi connectivity index (χ4n) is 0.606. The van der Waals surface area contributed by atoms with Crippen LogP contribution in [0.15, 0.2) is 33.5 Å². The van der Waals surface area contributed by atoms with Crippen LogP contribution in [0.5, 0.6) is 0 Å². The van der Waals surface area contributed by atoms with Crippen LogP contribution in [0.3, 0.4) is 0 Å². The van der Waals surface area contributed by atoms with Gasteiger partial charge in [0.25, 0.3) is 0 Å². The average Bonchev–Trinajstić information content (AvgIpc) is 2.13. The van der Waals surface area contributed by atoms with Gasteiger partial charge in [0.2, 0.25) is 0 Å². The summed E-state index contributed by atoms with van der Waals surface area (Å²) < 4.78 is 1.96. The van der Waals surface area contributed by atoms with E-state index in [1.165, 1.54) is 0 Å². The van der Waals surface area contributed by atoms with Crippen LogP contribution in [0.4, 0.5) is 0 Å². The molecule has 3 heteroatoms. The van der Waals surface area contributed by atoms with Gasteiger partial charge in [0.1, 0.15) is 0 Å². The Bertz CT molecular complexity index is 185. The Morgan fingerprint density at radius 3 is 2.33 bits per heavy atom. The molecule has 0 saturated heterocycles. The molecule has 68 valence electrons. The molecular weight excluding hydrogens is 284 g/mol. The molecule has 0 aliphatic heterocycles. The van der Waals surface area contributed by atoms with Crippen molar-refractivity contribution in [1.82, 2.24) is 0 Å². The fraction of sp³-hybridized carbons (Fsp3) is 0.333. The molecule has 12 heavy (non-hydrogen) atoms. The van der Waals surface area contributed by atoms with Crippen molar-refractivity contribution in [2.45, 2.75) is 6.92 Å². The van der Waals surface area contributed by atoms with Gasteiger partial charge in [-0.25, -0.2) is 0 Å². The summed E-state index contributed by atoms with van der Waals surface area (Å²) in [6.45, 7) is 2.55. The second-order valence-electron chi connectivity index (χ2n) is 2.22. The predicted octanol–water partition coefficient (Wildman–Crippen LogP) is 3.01. The van der Waals surface area contributed by atoms with E-state index < -0.39 is 0 Å². The molecule has 0 amide bonds. The zero-order chi connectivity index (χ0) is 9.40. The largest absolute Gasteiger partial charge is 0.327 e. The van der Waals surface area contributed by atoms with Gasteiger partial charge in [-0.2, -0.15) is 0 Å². The molecule has 0 fully saturated rings. The second kappa shape index (κ2) is 7.83. The third-order valence-electron chi connectivity index (χ3n) is 1.41. The molecule has 0 bridgehead atoms. The van der Waals surface area contributed by atoms with Crippen molar-refractivity contribution in [2.75, 3.05) is 12.4 Å². The summed E-state index contributed by atoms with van der Waals surface area (Å²) in [5.74, 6) is 0.543. The van der Waals surface area contributed by atoms with E-state index in [0.29, 0.717) is 12.4 Å². The Morgan fingerprint density at radius 2 is 2.00 bits per heavy atom. The predicted molar refractivity (Wildman–Crippen MR) is 64.8 cm³/mol. The highest BCUT2D eigenvalue weighted by Crippen LogP contribution is 2.05. The first-order chi connectivity index (χ1) is 5.78. The molecule has 0 atom stereocenters. The van der Waals surface area contributed by atoms with E-state index in [9.17, 15) is 0 Å². The van der Waals surface area contributed by atoms with Gasteiger partial charge in [-0.05, 0) is 22.2 Å². The minimum absolute atomic E-state index is 0.543. The van der Waals surface area contributed by atoms with E-state index >= 15 is 0 Å². The van der Waals surface area contributed by atoms with E-state index in [0.717, 1.165) is 11.1 Å². The summed E-state index contributed by atoms with van der Waals surface area (Å²) in [4.78, 5) is 0. The molecule has 0 aromatic carbocycles. The van der Waals surface area contributed by atoms with Gasteiger partial charge in [-0.1, -0.05) is 40.8 Å². The highest BCUT2D eigenvalue weighted by Gasteiger charge is 1.88. The third kappa shape index (κ3) is 4.95. The Hall–Kier alpha value is 0.200. The van der Waals surface area contributed by atoms with Crippen LogP contribution in [-0.2, 0) is 0 Å². The lowest BCUT2D eigenvalue weighted by atomic mass is 10.2. The van der Waals surface area contributed by atoms with Gasteiger partial charge in [0.05, 0.1) is 0 Å². The molecule has 1 nitrogen and oxygen atoms in total. The number of rotatable bonds is 4. The number of nitrogens with two attached hydrogens (primary N) is 1. The smallest absolute Gasteiger partial charge is 0.0478 e. The lowest BCUT2D eigenvalue weighted by Gasteiger charge is -1.95. The van der Waals surface area contributed by atoms with Crippen LogP contribution in [-0.4, -0.2) is 12.4 Å². The van der Waals surface area contributed by atoms with E-state index in [4.69, 9.17) is 17.3 Å². The second-order valence-corrected chi connectivity index (χ2v) is 3.11. The van der Waals surface area contributed by atoms with Gasteiger partial charge >= 0.3 is 0 Å². The van der Waals surface area contributed by atoms with Crippen LogP contribution in [0.1, 0.15) is 6.92 Å². The first kappa shape index (κ1) is 12.2. The summed E-state index contributed by atoms with van der Waals surface area (Å²) in [5, 5.41) is 0. The van der Waals surface area contributed by atoms with Crippen molar-refractivity contribution < 1.29 is 0 Å². The quantitative estimate of drug-likeness (QED) is 0.482. The maximum absolute atomic E-state index is 5.66. The van der Waals surface area contributed by atoms with Gasteiger partial charge in [0, 0.05) is 12.4 Å². The molecule has 0 saturated carbocycles. The van der Waals surface area contributed by atoms with Crippen LogP contribution >= 0.6 is 34.2 Å². The van der Waals surface area contributed by atoms with E-state index in [2.05, 4.69) is 22.6 Å². The molecule has 0 aliphatic rings. The number of allylic oxidation sites excluding steroid dienone is 3. The Balaban J connectivity index is 4.22. The highest BCUT2D eigenvalue weighted by atomic mass is 127. The summed E-state index contributed by atoms with van der Waals surface area (Å²) in [7, 11) is 0. The summed E-state index contributed by atoms with van der Waals surface area (Å²) in [6.07, 6.45) is 5.98. The molecule has 2 N–H and O–H groups in total. The normalized spacial score (nSPS) is 14.3. The number of halogens is 2. The molecule has 0 heterocycles. The topological polar surface area (TPSA) is 26.0 Å². The molecule has 0 aliphatic carbocycles. The van der Waals surface area contributed by atoms with Crippen molar-refractivity contribution >= 4 is 34.2 Å². The Morgan fingerprint density at radius 1 is 1.42 bits per heavy atom. The lowest BCUT2D eigenvalue weighted by molar-refractivity contribution is 1.18. The summed E-state index contributed by atoms with van der Waals surface area (Å²) in [5.41, 5.74) is 7.70. The van der Waals surface area contributed by atoms with Gasteiger partial charge in [-0.15, -0.1) is 11.6 Å². The van der Waals surface area contributed by atoms with E-state index in [1.54, 1.807) is 0 Å². The van der Waals surface area contributed by atoms with Crippen LogP contribution in [0, 0.1) is 0 Å². The third-order valence-corrected chi connectivity index (χ3v) is 2.52. The fourth-order valence-corrected chi connectivity index (χ4v) is 1.46. The maximum Gasteiger partial charge on any atom is 0.0478 e. The molecule has 0 radical (unpaired) electrons. The number of alkyl halides is 1. The minimum atomic E-state index is 0.543. The maximum atomic E-state index is 5.66. The van der Waals surface area contributed by atoms with Crippen molar-refractivity contribution in [3.63, 3.8) is 0 Å². The SMILES string of the molecule is C\C=C(/C=C\C(=C\I)CCl)CN. The number of hydrogen-bond donors (Lipinski definition) is 1. The monoisotopic (exact) mass is 297 g/mol. The molecule has 0 aromatic heterocycles. The van der Waals surface area contributed by atoms with Crippen LogP contribution in [0.25, 0.3) is 0 Å². The minimum Gasteiger partial charge on any atom is -0.327 e. The molecule has 0 rings (SSSR count). The highest BCUT2D eigenvalue weighted by molar-refractivity contribution is 14.1. The zero-order valence-electron chi connectivity index (χ0n) is 7.06. The first-order valence-electron chi connectivity index (χ1n) is 3.67. The van der Waals surface area contributed by atoms with Crippen LogP contribution < -0.4 is 5.73 Å². The van der Waals surface area contributed by atoms with Crippen molar-refractivity contribution in [3.05, 3.63) is 33.5 Å². The van der Waals surface area contributed by atoms with E-state index in [-0.39, 0.29) is 0 Å². The Kier molecular flexibility index (Phi) is 7.96. The van der Waals surface area contributed by atoms with Crippen LogP contribution in [0.2, 0.25) is 0 Å². The van der Waals surface area contributed by atoms with Crippen molar-refractivity contribution in [1.29, 1.82) is 0 Å².